The van der Waals surface area contributed by atoms with Gasteiger partial charge in [0.25, 0.3) is 5.91 Å². The summed E-state index contributed by atoms with van der Waals surface area (Å²) < 4.78 is 0. The third-order valence-electron chi connectivity index (χ3n) is 3.89. The summed E-state index contributed by atoms with van der Waals surface area (Å²) in [6, 6.07) is 7.31. The number of nitrogen functional groups attached to an aromatic ring is 1. The monoisotopic (exact) mass is 246 g/mol. The molecule has 2 rings (SSSR count). The second kappa shape index (κ2) is 4.63. The lowest BCUT2D eigenvalue weighted by molar-refractivity contribution is 0.0777. The Morgan fingerprint density at radius 1 is 1.33 bits per heavy atom. The minimum atomic E-state index is 0.0693. The molecule has 3 heteroatoms. The van der Waals surface area contributed by atoms with Crippen LogP contribution < -0.4 is 5.73 Å². The standard InChI is InChI=1S/C15H22N2O/c1-15(2,3)11-8-9-17(10-11)14(18)12-6-4-5-7-13(12)16/h4-7,11H,8-10,16H2,1-3H3. The van der Waals surface area contributed by atoms with Crippen LogP contribution >= 0.6 is 0 Å². The zero-order chi connectivity index (χ0) is 13.3. The number of amides is 1. The summed E-state index contributed by atoms with van der Waals surface area (Å²) in [6.07, 6.45) is 1.09. The van der Waals surface area contributed by atoms with Crippen LogP contribution in [-0.4, -0.2) is 23.9 Å². The third-order valence-corrected chi connectivity index (χ3v) is 3.89. The van der Waals surface area contributed by atoms with Crippen molar-refractivity contribution in [3.05, 3.63) is 29.8 Å². The number of carbonyl (C=O) groups is 1. The van der Waals surface area contributed by atoms with Crippen molar-refractivity contribution in [2.24, 2.45) is 11.3 Å². The Kier molecular flexibility index (Phi) is 3.33. The molecule has 1 aliphatic rings. The van der Waals surface area contributed by atoms with Crippen molar-refractivity contribution in [3.63, 3.8) is 0 Å². The lowest BCUT2D eigenvalue weighted by atomic mass is 9.80. The zero-order valence-electron chi connectivity index (χ0n) is 11.4. The molecule has 3 nitrogen and oxygen atoms in total. The normalized spacial score (nSPS) is 20.2. The van der Waals surface area contributed by atoms with E-state index < -0.39 is 0 Å². The number of anilines is 1. The van der Waals surface area contributed by atoms with Gasteiger partial charge in [0.15, 0.2) is 0 Å². The van der Waals surface area contributed by atoms with Crippen molar-refractivity contribution in [1.29, 1.82) is 0 Å². The molecule has 0 bridgehead atoms. The molecule has 1 atom stereocenters. The number of nitrogens with two attached hydrogens (primary N) is 1. The van der Waals surface area contributed by atoms with E-state index in [1.807, 2.05) is 23.1 Å². The van der Waals surface area contributed by atoms with E-state index in [-0.39, 0.29) is 11.3 Å². The van der Waals surface area contributed by atoms with Crippen LogP contribution in [-0.2, 0) is 0 Å². The van der Waals surface area contributed by atoms with E-state index >= 15 is 0 Å². The predicted molar refractivity (Wildman–Crippen MR) is 74.3 cm³/mol. The second-order valence-electron chi connectivity index (χ2n) is 6.19. The first-order chi connectivity index (χ1) is 8.39. The third kappa shape index (κ3) is 2.50. The van der Waals surface area contributed by atoms with Crippen molar-refractivity contribution in [2.75, 3.05) is 18.8 Å². The molecule has 18 heavy (non-hydrogen) atoms. The van der Waals surface area contributed by atoms with Crippen LogP contribution in [0, 0.1) is 11.3 Å². The molecule has 0 radical (unpaired) electrons. The van der Waals surface area contributed by atoms with Gasteiger partial charge in [0.1, 0.15) is 0 Å². The number of benzene rings is 1. The van der Waals surface area contributed by atoms with E-state index in [1.165, 1.54) is 0 Å². The lowest BCUT2D eigenvalue weighted by Gasteiger charge is -2.27. The van der Waals surface area contributed by atoms with Crippen molar-refractivity contribution < 1.29 is 4.79 Å². The molecule has 2 N–H and O–H groups in total. The number of carbonyl (C=O) groups excluding carboxylic acids is 1. The van der Waals surface area contributed by atoms with Crippen molar-refractivity contribution in [1.82, 2.24) is 4.90 Å². The summed E-state index contributed by atoms with van der Waals surface area (Å²) in [5, 5.41) is 0. The largest absolute Gasteiger partial charge is 0.398 e. The number of hydrogen-bond donors (Lipinski definition) is 1. The van der Waals surface area contributed by atoms with Crippen LogP contribution in [0.1, 0.15) is 37.6 Å². The van der Waals surface area contributed by atoms with Crippen LogP contribution in [0.15, 0.2) is 24.3 Å². The first kappa shape index (κ1) is 12.9. The van der Waals surface area contributed by atoms with E-state index in [4.69, 9.17) is 5.73 Å². The maximum Gasteiger partial charge on any atom is 0.255 e. The molecule has 98 valence electrons. The zero-order valence-corrected chi connectivity index (χ0v) is 11.4. The molecule has 1 saturated heterocycles. The van der Waals surface area contributed by atoms with E-state index in [0.717, 1.165) is 19.5 Å². The van der Waals surface area contributed by atoms with Crippen molar-refractivity contribution in [3.8, 4) is 0 Å². The molecule has 1 heterocycles. The molecule has 1 amide bonds. The van der Waals surface area contributed by atoms with E-state index in [2.05, 4.69) is 20.8 Å². The van der Waals surface area contributed by atoms with E-state index in [0.29, 0.717) is 17.2 Å². The van der Waals surface area contributed by atoms with Gasteiger partial charge in [-0.25, -0.2) is 0 Å². The van der Waals surface area contributed by atoms with Gasteiger partial charge in [-0.15, -0.1) is 0 Å². The molecule has 1 aliphatic heterocycles. The Balaban J connectivity index is 2.11. The topological polar surface area (TPSA) is 46.3 Å². The Bertz CT molecular complexity index is 448. The predicted octanol–water partition coefficient (Wildman–Crippen LogP) is 2.78. The van der Waals surface area contributed by atoms with Crippen LogP contribution in [0.2, 0.25) is 0 Å². The minimum Gasteiger partial charge on any atom is -0.398 e. The highest BCUT2D eigenvalue weighted by Crippen LogP contribution is 2.34. The first-order valence-electron chi connectivity index (χ1n) is 6.53. The number of rotatable bonds is 1. The quantitative estimate of drug-likeness (QED) is 0.774. The van der Waals surface area contributed by atoms with Crippen LogP contribution in [0.5, 0.6) is 0 Å². The maximum atomic E-state index is 12.4. The second-order valence-corrected chi connectivity index (χ2v) is 6.19. The van der Waals surface area contributed by atoms with Crippen LogP contribution in [0.3, 0.4) is 0 Å². The molecular formula is C15H22N2O. The van der Waals surface area contributed by atoms with Gasteiger partial charge in [-0.2, -0.15) is 0 Å². The maximum absolute atomic E-state index is 12.4. The number of hydrogen-bond acceptors (Lipinski definition) is 2. The summed E-state index contributed by atoms with van der Waals surface area (Å²) >= 11 is 0. The van der Waals surface area contributed by atoms with Gasteiger partial charge in [-0.1, -0.05) is 32.9 Å². The van der Waals surface area contributed by atoms with Crippen LogP contribution in [0.25, 0.3) is 0 Å². The molecular weight excluding hydrogens is 224 g/mol. The molecule has 1 aromatic rings. The van der Waals surface area contributed by atoms with E-state index in [9.17, 15) is 4.79 Å². The Morgan fingerprint density at radius 2 is 2.00 bits per heavy atom. The number of likely N-dealkylation sites (tertiary alicyclic amines) is 1. The Labute approximate surface area is 109 Å². The van der Waals surface area contributed by atoms with Gasteiger partial charge < -0.3 is 10.6 Å². The van der Waals surface area contributed by atoms with Gasteiger partial charge >= 0.3 is 0 Å². The average Bonchev–Trinajstić information content (AvgIpc) is 2.77. The summed E-state index contributed by atoms with van der Waals surface area (Å²) in [6.45, 7) is 8.40. The average molecular weight is 246 g/mol. The number of para-hydroxylation sites is 1. The highest BCUT2D eigenvalue weighted by atomic mass is 16.2. The minimum absolute atomic E-state index is 0.0693. The number of nitrogens with zero attached hydrogens (tertiary/aromatic N) is 1. The summed E-state index contributed by atoms with van der Waals surface area (Å²) in [5.41, 5.74) is 7.33. The SMILES string of the molecule is CC(C)(C)C1CCN(C(=O)c2ccccc2N)C1. The fraction of sp³-hybridized carbons (Fsp3) is 0.533. The van der Waals surface area contributed by atoms with Gasteiger partial charge in [-0.05, 0) is 29.9 Å². The Morgan fingerprint density at radius 3 is 2.56 bits per heavy atom. The summed E-state index contributed by atoms with van der Waals surface area (Å²) in [4.78, 5) is 14.3. The highest BCUT2D eigenvalue weighted by Gasteiger charge is 2.34. The molecule has 0 spiro atoms. The summed E-state index contributed by atoms with van der Waals surface area (Å²) in [5.74, 6) is 0.645. The van der Waals surface area contributed by atoms with Crippen molar-refractivity contribution >= 4 is 11.6 Å². The molecule has 1 aromatic carbocycles. The van der Waals surface area contributed by atoms with Gasteiger partial charge in [0.2, 0.25) is 0 Å². The van der Waals surface area contributed by atoms with Gasteiger partial charge in [0, 0.05) is 18.8 Å². The smallest absolute Gasteiger partial charge is 0.255 e. The Hall–Kier alpha value is -1.51. The fourth-order valence-electron chi connectivity index (χ4n) is 2.51. The molecule has 0 saturated carbocycles. The highest BCUT2D eigenvalue weighted by molar-refractivity contribution is 5.99. The van der Waals surface area contributed by atoms with Crippen molar-refractivity contribution in [2.45, 2.75) is 27.2 Å². The van der Waals surface area contributed by atoms with Crippen LogP contribution in [0.4, 0.5) is 5.69 Å². The molecule has 1 unspecified atom stereocenters. The van der Waals surface area contributed by atoms with E-state index in [1.54, 1.807) is 6.07 Å². The summed E-state index contributed by atoms with van der Waals surface area (Å²) in [7, 11) is 0. The molecule has 0 aliphatic carbocycles. The lowest BCUT2D eigenvalue weighted by Crippen LogP contribution is -2.31. The first-order valence-corrected chi connectivity index (χ1v) is 6.53. The molecule has 1 fully saturated rings. The fourth-order valence-corrected chi connectivity index (χ4v) is 2.51. The van der Waals surface area contributed by atoms with Gasteiger partial charge in [0.05, 0.1) is 5.56 Å². The molecule has 0 aromatic heterocycles. The van der Waals surface area contributed by atoms with Gasteiger partial charge in [-0.3, -0.25) is 4.79 Å².